The third-order valence-corrected chi connectivity index (χ3v) is 8.34. The summed E-state index contributed by atoms with van der Waals surface area (Å²) < 4.78 is 25.6. The van der Waals surface area contributed by atoms with Crippen LogP contribution < -0.4 is 5.32 Å². The molecule has 1 saturated heterocycles. The first kappa shape index (κ1) is 19.3. The topological polar surface area (TPSA) is 90.3 Å². The number of anilines is 1. The van der Waals surface area contributed by atoms with Crippen molar-refractivity contribution in [3.8, 4) is 6.07 Å². The number of carbonyl (C=O) groups is 1. The fourth-order valence-corrected chi connectivity index (χ4v) is 6.18. The van der Waals surface area contributed by atoms with Gasteiger partial charge in [0.25, 0.3) is 0 Å². The van der Waals surface area contributed by atoms with Crippen molar-refractivity contribution in [3.05, 3.63) is 16.0 Å². The van der Waals surface area contributed by atoms with Crippen molar-refractivity contribution in [3.63, 3.8) is 0 Å². The van der Waals surface area contributed by atoms with E-state index in [4.69, 9.17) is 0 Å². The summed E-state index contributed by atoms with van der Waals surface area (Å²) in [6, 6.07) is 2.27. The molecule has 1 aliphatic carbocycles. The lowest BCUT2D eigenvalue weighted by Gasteiger charge is -2.30. The predicted octanol–water partition coefficient (Wildman–Crippen LogP) is 2.89. The molecule has 0 aromatic carbocycles. The van der Waals surface area contributed by atoms with Crippen LogP contribution in [-0.4, -0.2) is 37.5 Å². The van der Waals surface area contributed by atoms with Crippen LogP contribution >= 0.6 is 11.3 Å². The summed E-state index contributed by atoms with van der Waals surface area (Å²) in [4.78, 5) is 14.0. The van der Waals surface area contributed by atoms with Gasteiger partial charge < -0.3 is 5.32 Å². The molecule has 1 unspecified atom stereocenters. The van der Waals surface area contributed by atoms with Gasteiger partial charge in [-0.05, 0) is 51.0 Å². The molecule has 1 aliphatic heterocycles. The van der Waals surface area contributed by atoms with Gasteiger partial charge in [0, 0.05) is 18.0 Å². The molecule has 1 atom stereocenters. The fraction of sp³-hybridized carbons (Fsp3) is 0.667. The molecule has 0 spiro atoms. The van der Waals surface area contributed by atoms with Crippen LogP contribution in [-0.2, 0) is 27.7 Å². The van der Waals surface area contributed by atoms with Gasteiger partial charge in [-0.1, -0.05) is 6.42 Å². The third-order valence-electron chi connectivity index (χ3n) is 5.28. The van der Waals surface area contributed by atoms with Crippen LogP contribution in [0.2, 0.25) is 0 Å². The zero-order valence-electron chi connectivity index (χ0n) is 15.1. The van der Waals surface area contributed by atoms with Crippen LogP contribution in [0, 0.1) is 17.2 Å². The summed E-state index contributed by atoms with van der Waals surface area (Å²) in [5.41, 5.74) is 1.71. The number of nitrogens with zero attached hydrogens (tertiary/aromatic N) is 2. The third kappa shape index (κ3) is 3.95. The van der Waals surface area contributed by atoms with Gasteiger partial charge in [-0.3, -0.25) is 4.79 Å². The molecule has 1 aromatic rings. The summed E-state index contributed by atoms with van der Waals surface area (Å²) in [7, 11) is -3.28. The van der Waals surface area contributed by atoms with E-state index in [1.807, 2.05) is 0 Å². The second-order valence-corrected chi connectivity index (χ2v) is 10.3. The van der Waals surface area contributed by atoms with Crippen molar-refractivity contribution in [2.75, 3.05) is 24.2 Å². The van der Waals surface area contributed by atoms with Crippen molar-refractivity contribution in [2.24, 2.45) is 5.92 Å². The minimum atomic E-state index is -3.28. The molecule has 1 aromatic heterocycles. The number of amides is 1. The lowest BCUT2D eigenvalue weighted by Crippen LogP contribution is -2.44. The molecular formula is C18H25N3O3S2. The Kier molecular flexibility index (Phi) is 6.00. The van der Waals surface area contributed by atoms with E-state index in [0.29, 0.717) is 30.0 Å². The van der Waals surface area contributed by atoms with E-state index in [1.54, 1.807) is 6.92 Å². The molecule has 2 heterocycles. The zero-order chi connectivity index (χ0) is 18.7. The minimum absolute atomic E-state index is 0.0531. The molecule has 8 heteroatoms. The first-order valence-electron chi connectivity index (χ1n) is 9.29. The Balaban J connectivity index is 1.75. The molecule has 1 N–H and O–H groups in total. The number of carbonyl (C=O) groups excluding carboxylic acids is 1. The van der Waals surface area contributed by atoms with E-state index < -0.39 is 10.0 Å². The highest BCUT2D eigenvalue weighted by Crippen LogP contribution is 2.37. The number of nitriles is 1. The number of rotatable bonds is 4. The molecule has 3 rings (SSSR count). The number of nitrogens with one attached hydrogen (secondary N) is 1. The van der Waals surface area contributed by atoms with Gasteiger partial charge >= 0.3 is 0 Å². The van der Waals surface area contributed by atoms with Crippen molar-refractivity contribution in [1.29, 1.82) is 5.26 Å². The van der Waals surface area contributed by atoms with Crippen LogP contribution in [0.1, 0.15) is 55.0 Å². The predicted molar refractivity (Wildman–Crippen MR) is 103 cm³/mol. The normalized spacial score (nSPS) is 21.5. The van der Waals surface area contributed by atoms with Gasteiger partial charge in [0.05, 0.1) is 17.2 Å². The summed E-state index contributed by atoms with van der Waals surface area (Å²) in [6.45, 7) is 2.34. The van der Waals surface area contributed by atoms with Gasteiger partial charge in [-0.25, -0.2) is 12.7 Å². The van der Waals surface area contributed by atoms with Crippen LogP contribution in [0.15, 0.2) is 0 Å². The van der Waals surface area contributed by atoms with Crippen LogP contribution in [0.3, 0.4) is 0 Å². The smallest absolute Gasteiger partial charge is 0.229 e. The lowest BCUT2D eigenvalue weighted by atomic mass is 9.98. The Morgan fingerprint density at radius 2 is 2.08 bits per heavy atom. The van der Waals surface area contributed by atoms with Crippen LogP contribution in [0.4, 0.5) is 5.00 Å². The highest BCUT2D eigenvalue weighted by molar-refractivity contribution is 7.89. The number of piperidine rings is 1. The van der Waals surface area contributed by atoms with Crippen LogP contribution in [0.5, 0.6) is 0 Å². The van der Waals surface area contributed by atoms with Crippen LogP contribution in [0.25, 0.3) is 0 Å². The van der Waals surface area contributed by atoms with Gasteiger partial charge in [0.15, 0.2) is 0 Å². The SMILES string of the molecule is CCS(=O)(=O)N1CCCC(C(=O)Nc2sc3c(c2C#N)CCCCC3)C1. The Morgan fingerprint density at radius 1 is 1.31 bits per heavy atom. The van der Waals surface area contributed by atoms with E-state index in [9.17, 15) is 18.5 Å². The monoisotopic (exact) mass is 395 g/mol. The molecule has 2 aliphatic rings. The standard InChI is InChI=1S/C18H25N3O3S2/c1-2-26(23,24)21-10-6-7-13(12-21)17(22)20-18-15(11-19)14-8-4-3-5-9-16(14)25-18/h13H,2-10,12H2,1H3,(H,20,22). The van der Waals surface area contributed by atoms with Gasteiger partial charge in [0.2, 0.25) is 15.9 Å². The number of fused-ring (bicyclic) bond motifs is 1. The Bertz CT molecular complexity index is 823. The van der Waals surface area contributed by atoms with Gasteiger partial charge in [-0.15, -0.1) is 11.3 Å². The zero-order valence-corrected chi connectivity index (χ0v) is 16.7. The molecule has 1 fully saturated rings. The highest BCUT2D eigenvalue weighted by Gasteiger charge is 2.32. The molecule has 0 saturated carbocycles. The molecule has 142 valence electrons. The number of hydrogen-bond donors (Lipinski definition) is 1. The first-order chi connectivity index (χ1) is 12.5. The van der Waals surface area contributed by atoms with Crippen molar-refractivity contribution < 1.29 is 13.2 Å². The quantitative estimate of drug-likeness (QED) is 0.794. The minimum Gasteiger partial charge on any atom is -0.316 e. The fourth-order valence-electron chi connectivity index (χ4n) is 3.75. The maximum absolute atomic E-state index is 12.7. The first-order valence-corrected chi connectivity index (χ1v) is 11.7. The average Bonchev–Trinajstić information content (AvgIpc) is 2.81. The molecule has 0 bridgehead atoms. The number of sulfonamides is 1. The van der Waals surface area contributed by atoms with Crippen molar-refractivity contribution >= 4 is 32.3 Å². The second kappa shape index (κ2) is 8.07. The summed E-state index contributed by atoms with van der Waals surface area (Å²) in [6.07, 6.45) is 6.61. The maximum Gasteiger partial charge on any atom is 0.229 e. The Labute approximate surface area is 159 Å². The number of aryl methyl sites for hydroxylation is 1. The molecule has 26 heavy (non-hydrogen) atoms. The van der Waals surface area contributed by atoms with E-state index in [0.717, 1.165) is 31.2 Å². The average molecular weight is 396 g/mol. The van der Waals surface area contributed by atoms with E-state index >= 15 is 0 Å². The Hall–Kier alpha value is -1.43. The van der Waals surface area contributed by atoms with E-state index in [-0.39, 0.29) is 24.1 Å². The summed E-state index contributed by atoms with van der Waals surface area (Å²) >= 11 is 1.52. The lowest BCUT2D eigenvalue weighted by molar-refractivity contribution is -0.120. The highest BCUT2D eigenvalue weighted by atomic mass is 32.2. The van der Waals surface area contributed by atoms with E-state index in [1.165, 1.54) is 26.9 Å². The summed E-state index contributed by atoms with van der Waals surface area (Å²) in [5, 5.41) is 13.2. The largest absolute Gasteiger partial charge is 0.316 e. The van der Waals surface area contributed by atoms with Crippen molar-refractivity contribution in [1.82, 2.24) is 4.31 Å². The second-order valence-electron chi connectivity index (χ2n) is 6.97. The number of thiophene rings is 1. The van der Waals surface area contributed by atoms with Gasteiger partial charge in [0.1, 0.15) is 11.1 Å². The molecular weight excluding hydrogens is 370 g/mol. The number of hydrogen-bond acceptors (Lipinski definition) is 5. The van der Waals surface area contributed by atoms with Gasteiger partial charge in [-0.2, -0.15) is 5.26 Å². The maximum atomic E-state index is 12.7. The molecule has 1 amide bonds. The Morgan fingerprint density at radius 3 is 2.81 bits per heavy atom. The van der Waals surface area contributed by atoms with Crippen molar-refractivity contribution in [2.45, 2.75) is 51.9 Å². The summed E-state index contributed by atoms with van der Waals surface area (Å²) in [5.74, 6) is -0.482. The van der Waals surface area contributed by atoms with E-state index in [2.05, 4.69) is 11.4 Å². The molecule has 0 radical (unpaired) electrons. The molecule has 6 nitrogen and oxygen atoms in total.